The molecule has 0 aliphatic heterocycles. The predicted octanol–water partition coefficient (Wildman–Crippen LogP) is 4.90. The highest BCUT2D eigenvalue weighted by Crippen LogP contribution is 2.42. The maximum absolute atomic E-state index is 12.5. The minimum absolute atomic E-state index is 0.314. The van der Waals surface area contributed by atoms with E-state index in [0.29, 0.717) is 29.4 Å². The summed E-state index contributed by atoms with van der Waals surface area (Å²) in [5.41, 5.74) is 2.05. The molecule has 124 valence electrons. The molecule has 0 spiro atoms. The molecule has 1 heterocycles. The fourth-order valence-electron chi connectivity index (χ4n) is 3.11. The van der Waals surface area contributed by atoms with Crippen molar-refractivity contribution in [1.82, 2.24) is 0 Å². The molecule has 4 nitrogen and oxygen atoms in total. The van der Waals surface area contributed by atoms with Crippen LogP contribution in [0.25, 0.3) is 21.9 Å². The predicted molar refractivity (Wildman–Crippen MR) is 93.6 cm³/mol. The average molecular weight is 324 g/mol. The third-order valence-corrected chi connectivity index (χ3v) is 4.10. The first-order valence-electron chi connectivity index (χ1n) is 7.91. The summed E-state index contributed by atoms with van der Waals surface area (Å²) >= 11 is 0. The topological polar surface area (TPSA) is 48.7 Å². The largest absolute Gasteiger partial charge is 0.496 e. The van der Waals surface area contributed by atoms with Crippen molar-refractivity contribution in [2.24, 2.45) is 0 Å². The van der Waals surface area contributed by atoms with Gasteiger partial charge in [-0.1, -0.05) is 30.3 Å². The Bertz CT molecular complexity index is 905. The van der Waals surface area contributed by atoms with E-state index < -0.39 is 0 Å². The first-order valence-corrected chi connectivity index (χ1v) is 7.91. The number of carbonyl (C=O) groups is 1. The van der Waals surface area contributed by atoms with Crippen molar-refractivity contribution in [3.63, 3.8) is 0 Å². The fourth-order valence-corrected chi connectivity index (χ4v) is 3.11. The van der Waals surface area contributed by atoms with Gasteiger partial charge in [-0.05, 0) is 37.6 Å². The van der Waals surface area contributed by atoms with Crippen molar-refractivity contribution in [2.45, 2.75) is 20.8 Å². The first kappa shape index (κ1) is 16.1. The molecule has 0 saturated heterocycles. The number of carbonyl (C=O) groups excluding carboxylic acids is 1. The molecule has 0 amide bonds. The molecule has 1 aromatic heterocycles. The zero-order valence-electron chi connectivity index (χ0n) is 14.3. The molecule has 0 bridgehead atoms. The molecular formula is C20H20O4. The molecule has 0 atom stereocenters. The van der Waals surface area contributed by atoms with E-state index >= 15 is 0 Å². The summed E-state index contributed by atoms with van der Waals surface area (Å²) < 4.78 is 16.6. The van der Waals surface area contributed by atoms with Crippen LogP contribution in [0.4, 0.5) is 0 Å². The third-order valence-electron chi connectivity index (χ3n) is 4.10. The van der Waals surface area contributed by atoms with Crippen LogP contribution in [0.2, 0.25) is 0 Å². The van der Waals surface area contributed by atoms with E-state index in [1.165, 1.54) is 0 Å². The minimum Gasteiger partial charge on any atom is -0.496 e. The van der Waals surface area contributed by atoms with E-state index in [4.69, 9.17) is 13.9 Å². The van der Waals surface area contributed by atoms with Gasteiger partial charge in [0.1, 0.15) is 22.8 Å². The van der Waals surface area contributed by atoms with Gasteiger partial charge in [-0.3, -0.25) is 0 Å². The zero-order valence-corrected chi connectivity index (χ0v) is 14.3. The maximum atomic E-state index is 12.5. The summed E-state index contributed by atoms with van der Waals surface area (Å²) in [6.07, 6.45) is 0. The van der Waals surface area contributed by atoms with E-state index in [-0.39, 0.29) is 5.97 Å². The lowest BCUT2D eigenvalue weighted by Crippen LogP contribution is -2.07. The lowest BCUT2D eigenvalue weighted by molar-refractivity contribution is 0.0525. The quantitative estimate of drug-likeness (QED) is 0.640. The van der Waals surface area contributed by atoms with E-state index in [9.17, 15) is 4.79 Å². The number of hydrogen-bond acceptors (Lipinski definition) is 4. The minimum atomic E-state index is -0.378. The average Bonchev–Trinajstić information content (AvgIpc) is 2.87. The number of hydrogen-bond donors (Lipinski definition) is 0. The van der Waals surface area contributed by atoms with Gasteiger partial charge in [-0.2, -0.15) is 0 Å². The highest BCUT2D eigenvalue weighted by atomic mass is 16.5. The van der Waals surface area contributed by atoms with E-state index in [1.54, 1.807) is 21.0 Å². The Hall–Kier alpha value is -2.75. The summed E-state index contributed by atoms with van der Waals surface area (Å²) in [6.45, 7) is 5.74. The van der Waals surface area contributed by atoms with Crippen LogP contribution in [0.1, 0.15) is 28.8 Å². The monoisotopic (exact) mass is 324 g/mol. The Morgan fingerprint density at radius 3 is 2.50 bits per heavy atom. The maximum Gasteiger partial charge on any atom is 0.342 e. The van der Waals surface area contributed by atoms with Crippen LogP contribution in [0.5, 0.6) is 5.75 Å². The molecule has 0 saturated carbocycles. The van der Waals surface area contributed by atoms with Crippen molar-refractivity contribution >= 4 is 16.7 Å². The summed E-state index contributed by atoms with van der Waals surface area (Å²) in [4.78, 5) is 12.5. The SMILES string of the molecule is CCOC(=O)c1c(C)oc(C)c1-c1c(OC)ccc2ccccc12. The Morgan fingerprint density at radius 2 is 1.79 bits per heavy atom. The third kappa shape index (κ3) is 2.54. The molecule has 24 heavy (non-hydrogen) atoms. The molecule has 0 radical (unpaired) electrons. The Labute approximate surface area is 141 Å². The van der Waals surface area contributed by atoms with Gasteiger partial charge in [0.2, 0.25) is 0 Å². The number of furan rings is 1. The lowest BCUT2D eigenvalue weighted by atomic mass is 9.94. The van der Waals surface area contributed by atoms with Crippen LogP contribution in [0.3, 0.4) is 0 Å². The van der Waals surface area contributed by atoms with Crippen molar-refractivity contribution in [1.29, 1.82) is 0 Å². The molecule has 0 unspecified atom stereocenters. The summed E-state index contributed by atoms with van der Waals surface area (Å²) in [7, 11) is 1.62. The van der Waals surface area contributed by atoms with Gasteiger partial charge in [0.25, 0.3) is 0 Å². The molecule has 0 fully saturated rings. The first-order chi connectivity index (χ1) is 11.6. The van der Waals surface area contributed by atoms with E-state index in [2.05, 4.69) is 0 Å². The second kappa shape index (κ2) is 6.40. The molecule has 3 aromatic rings. The van der Waals surface area contributed by atoms with Crippen LogP contribution >= 0.6 is 0 Å². The molecule has 0 aliphatic rings. The number of methoxy groups -OCH3 is 1. The van der Waals surface area contributed by atoms with Crippen molar-refractivity contribution < 1.29 is 18.7 Å². The second-order valence-electron chi connectivity index (χ2n) is 5.55. The van der Waals surface area contributed by atoms with Crippen LogP contribution in [-0.2, 0) is 4.74 Å². The normalized spacial score (nSPS) is 10.8. The highest BCUT2D eigenvalue weighted by Gasteiger charge is 2.27. The number of esters is 1. The molecule has 3 rings (SSSR count). The zero-order chi connectivity index (χ0) is 17.3. The number of fused-ring (bicyclic) bond motifs is 1. The van der Waals surface area contributed by atoms with Crippen molar-refractivity contribution in [2.75, 3.05) is 13.7 Å². The van der Waals surface area contributed by atoms with Gasteiger partial charge in [0.05, 0.1) is 13.7 Å². The Morgan fingerprint density at radius 1 is 1.04 bits per heavy atom. The molecule has 0 N–H and O–H groups in total. The van der Waals surface area contributed by atoms with Gasteiger partial charge in [-0.25, -0.2) is 4.79 Å². The van der Waals surface area contributed by atoms with Crippen LogP contribution in [-0.4, -0.2) is 19.7 Å². The smallest absolute Gasteiger partial charge is 0.342 e. The molecule has 2 aromatic carbocycles. The van der Waals surface area contributed by atoms with E-state index in [0.717, 1.165) is 21.9 Å². The number of rotatable bonds is 4. The summed E-state index contributed by atoms with van der Waals surface area (Å²) in [5.74, 6) is 1.54. The van der Waals surface area contributed by atoms with Gasteiger partial charge < -0.3 is 13.9 Å². The fraction of sp³-hybridized carbons (Fsp3) is 0.250. The van der Waals surface area contributed by atoms with Crippen LogP contribution in [0.15, 0.2) is 40.8 Å². The van der Waals surface area contributed by atoms with Gasteiger partial charge in [-0.15, -0.1) is 0 Å². The highest BCUT2D eigenvalue weighted by molar-refractivity contribution is 6.07. The molecule has 0 aliphatic carbocycles. The van der Waals surface area contributed by atoms with Crippen molar-refractivity contribution in [3.05, 3.63) is 53.5 Å². The Kier molecular flexibility index (Phi) is 4.30. The molecule has 4 heteroatoms. The van der Waals surface area contributed by atoms with E-state index in [1.807, 2.05) is 43.3 Å². The summed E-state index contributed by atoms with van der Waals surface area (Å²) in [5, 5.41) is 2.08. The second-order valence-corrected chi connectivity index (χ2v) is 5.55. The Balaban J connectivity index is 2.38. The van der Waals surface area contributed by atoms with Crippen LogP contribution in [0, 0.1) is 13.8 Å². The number of ether oxygens (including phenoxy) is 2. The standard InChI is InChI=1S/C20H20O4/c1-5-23-20(21)18-13(3)24-12(2)17(18)19-15-9-7-6-8-14(15)10-11-16(19)22-4/h6-11H,5H2,1-4H3. The van der Waals surface area contributed by atoms with Crippen LogP contribution < -0.4 is 4.74 Å². The lowest BCUT2D eigenvalue weighted by Gasteiger charge is -2.13. The van der Waals surface area contributed by atoms with Crippen molar-refractivity contribution in [3.8, 4) is 16.9 Å². The molecular weight excluding hydrogens is 304 g/mol. The van der Waals surface area contributed by atoms with Gasteiger partial charge in [0, 0.05) is 11.1 Å². The summed E-state index contributed by atoms with van der Waals surface area (Å²) in [6, 6.07) is 11.9. The van der Waals surface area contributed by atoms with Gasteiger partial charge >= 0.3 is 5.97 Å². The number of aryl methyl sites for hydroxylation is 2. The number of benzene rings is 2. The van der Waals surface area contributed by atoms with Gasteiger partial charge in [0.15, 0.2) is 0 Å².